The van der Waals surface area contributed by atoms with Crippen molar-refractivity contribution in [2.75, 3.05) is 7.11 Å². The molecular weight excluding hydrogens is 388 g/mol. The molecule has 0 aliphatic rings. The van der Waals surface area contributed by atoms with E-state index in [1.165, 1.54) is 21.8 Å². The zero-order valence-corrected chi connectivity index (χ0v) is 19.4. The fraction of sp³-hybridized carbons (Fsp3) is 0.360. The lowest BCUT2D eigenvalue weighted by Gasteiger charge is -2.29. The normalized spacial score (nSPS) is 14.4. The fourth-order valence-corrected chi connectivity index (χ4v) is 5.26. The number of para-hydroxylation sites is 2. The van der Waals surface area contributed by atoms with Crippen LogP contribution >= 0.6 is 0 Å². The maximum absolute atomic E-state index is 6.62. The van der Waals surface area contributed by atoms with Crippen molar-refractivity contribution in [1.82, 2.24) is 9.13 Å². The lowest BCUT2D eigenvalue weighted by molar-refractivity contribution is 0.0321. The van der Waals surface area contributed by atoms with Crippen LogP contribution in [-0.4, -0.2) is 24.6 Å². The highest BCUT2D eigenvalue weighted by Gasteiger charge is 2.23. The van der Waals surface area contributed by atoms with Crippen LogP contribution in [0, 0.1) is 0 Å². The van der Waals surface area contributed by atoms with Crippen molar-refractivity contribution in [1.29, 1.82) is 0 Å². The van der Waals surface area contributed by atoms with E-state index in [4.69, 9.17) is 9.16 Å². The van der Waals surface area contributed by atoms with Gasteiger partial charge < -0.3 is 18.3 Å². The van der Waals surface area contributed by atoms with Crippen LogP contribution in [0.25, 0.3) is 21.8 Å². The van der Waals surface area contributed by atoms with Crippen LogP contribution in [0.3, 0.4) is 0 Å². The summed E-state index contributed by atoms with van der Waals surface area (Å²) in [5.74, 6) is 0. The topological polar surface area (TPSA) is 28.3 Å². The van der Waals surface area contributed by atoms with E-state index < -0.39 is 8.32 Å². The highest BCUT2D eigenvalue weighted by atomic mass is 28.4. The van der Waals surface area contributed by atoms with Gasteiger partial charge in [-0.25, -0.2) is 0 Å². The van der Waals surface area contributed by atoms with Crippen LogP contribution in [0.1, 0.15) is 31.7 Å². The first kappa shape index (κ1) is 20.9. The van der Waals surface area contributed by atoms with Crippen molar-refractivity contribution >= 4 is 30.1 Å². The van der Waals surface area contributed by atoms with Gasteiger partial charge in [-0.15, -0.1) is 0 Å². The predicted octanol–water partition coefficient (Wildman–Crippen LogP) is 6.96. The van der Waals surface area contributed by atoms with Crippen molar-refractivity contribution in [3.63, 3.8) is 0 Å². The molecule has 0 saturated heterocycles. The van der Waals surface area contributed by atoms with E-state index >= 15 is 0 Å². The van der Waals surface area contributed by atoms with Crippen LogP contribution in [0.15, 0.2) is 73.1 Å². The van der Waals surface area contributed by atoms with Gasteiger partial charge in [0.15, 0.2) is 8.32 Å². The standard InChI is InChI=1S/C25H32N2O2Si/c1-28-24(26-18-16-20-10-5-7-12-22(20)26)14-9-15-25(29-30(2,3)4)27-19-17-21-11-6-8-13-23(21)27/h5-8,10-13,16-19,24-25H,9,14-15H2,1-4H3. The lowest BCUT2D eigenvalue weighted by Crippen LogP contribution is -2.30. The van der Waals surface area contributed by atoms with Crippen LogP contribution in [0.4, 0.5) is 0 Å². The van der Waals surface area contributed by atoms with Gasteiger partial charge in [0.1, 0.15) is 12.5 Å². The average molecular weight is 421 g/mol. The molecule has 4 nitrogen and oxygen atoms in total. The lowest BCUT2D eigenvalue weighted by atomic mass is 10.2. The van der Waals surface area contributed by atoms with E-state index in [-0.39, 0.29) is 12.5 Å². The molecule has 0 amide bonds. The number of nitrogens with zero attached hydrogens (tertiary/aromatic N) is 2. The summed E-state index contributed by atoms with van der Waals surface area (Å²) in [7, 11) is 0.105. The van der Waals surface area contributed by atoms with Crippen LogP contribution in [0.5, 0.6) is 0 Å². The molecular formula is C25H32N2O2Si. The zero-order valence-electron chi connectivity index (χ0n) is 18.4. The largest absolute Gasteiger partial charge is 0.398 e. The van der Waals surface area contributed by atoms with Crippen LogP contribution in [-0.2, 0) is 9.16 Å². The van der Waals surface area contributed by atoms with Crippen LogP contribution < -0.4 is 0 Å². The minimum atomic E-state index is -1.70. The molecule has 2 aromatic heterocycles. The quantitative estimate of drug-likeness (QED) is 0.274. The summed E-state index contributed by atoms with van der Waals surface area (Å²) < 4.78 is 17.0. The smallest absolute Gasteiger partial charge is 0.186 e. The maximum Gasteiger partial charge on any atom is 0.186 e. The number of fused-ring (bicyclic) bond motifs is 2. The molecule has 0 aliphatic carbocycles. The molecule has 2 aromatic carbocycles. The first-order valence-corrected chi connectivity index (χ1v) is 14.2. The summed E-state index contributed by atoms with van der Waals surface area (Å²) in [4.78, 5) is 0. The van der Waals surface area contributed by atoms with Crippen molar-refractivity contribution in [3.05, 3.63) is 73.1 Å². The minimum Gasteiger partial charge on any atom is -0.398 e. The SMILES string of the molecule is COC(CCCC(O[Si](C)(C)C)n1ccc2ccccc21)n1ccc2ccccc21. The number of methoxy groups -OCH3 is 1. The number of hydrogen-bond acceptors (Lipinski definition) is 2. The third-order valence-corrected chi connectivity index (χ3v) is 6.52. The van der Waals surface area contributed by atoms with Crippen molar-refractivity contribution in [3.8, 4) is 0 Å². The van der Waals surface area contributed by atoms with Gasteiger partial charge in [-0.1, -0.05) is 36.4 Å². The second kappa shape index (κ2) is 8.80. The van der Waals surface area contributed by atoms with Crippen LogP contribution in [0.2, 0.25) is 19.6 Å². The third kappa shape index (κ3) is 4.53. The number of ether oxygens (including phenoxy) is 1. The fourth-order valence-electron chi connectivity index (χ4n) is 4.21. The Bertz CT molecular complexity index is 1110. The zero-order chi connectivity index (χ0) is 21.1. The van der Waals surface area contributed by atoms with Gasteiger partial charge >= 0.3 is 0 Å². The highest BCUT2D eigenvalue weighted by Crippen LogP contribution is 2.30. The van der Waals surface area contributed by atoms with Crippen molar-refractivity contribution < 1.29 is 9.16 Å². The Morgan fingerprint density at radius 1 is 0.733 bits per heavy atom. The van der Waals surface area contributed by atoms with E-state index in [0.29, 0.717) is 0 Å². The number of rotatable bonds is 9. The Labute approximate surface area is 180 Å². The van der Waals surface area contributed by atoms with Gasteiger partial charge in [0.25, 0.3) is 0 Å². The van der Waals surface area contributed by atoms with E-state index in [0.717, 1.165) is 19.3 Å². The van der Waals surface area contributed by atoms with Crippen molar-refractivity contribution in [2.24, 2.45) is 0 Å². The Morgan fingerprint density at radius 2 is 1.23 bits per heavy atom. The molecule has 0 bridgehead atoms. The molecule has 0 saturated carbocycles. The molecule has 5 heteroatoms. The Hall–Kier alpha value is -2.34. The molecule has 0 radical (unpaired) electrons. The highest BCUT2D eigenvalue weighted by molar-refractivity contribution is 6.69. The summed E-state index contributed by atoms with van der Waals surface area (Å²) in [5, 5.41) is 2.51. The van der Waals surface area contributed by atoms with Gasteiger partial charge in [-0.05, 0) is 73.9 Å². The monoisotopic (exact) mass is 420 g/mol. The van der Waals surface area contributed by atoms with Gasteiger partial charge in [-0.2, -0.15) is 0 Å². The molecule has 0 N–H and O–H groups in total. The number of benzene rings is 2. The molecule has 2 unspecified atom stereocenters. The predicted molar refractivity (Wildman–Crippen MR) is 127 cm³/mol. The Morgan fingerprint density at radius 3 is 1.77 bits per heavy atom. The van der Waals surface area contributed by atoms with Gasteiger partial charge in [0.05, 0.1) is 11.0 Å². The summed E-state index contributed by atoms with van der Waals surface area (Å²) in [6.45, 7) is 6.78. The van der Waals surface area contributed by atoms with Gasteiger partial charge in [-0.3, -0.25) is 0 Å². The minimum absolute atomic E-state index is 0.0267. The van der Waals surface area contributed by atoms with E-state index in [1.807, 2.05) is 0 Å². The molecule has 4 aromatic rings. The molecule has 2 atom stereocenters. The molecule has 30 heavy (non-hydrogen) atoms. The molecule has 158 valence electrons. The van der Waals surface area contributed by atoms with E-state index in [9.17, 15) is 0 Å². The average Bonchev–Trinajstić information content (AvgIpc) is 3.34. The first-order chi connectivity index (χ1) is 14.5. The van der Waals surface area contributed by atoms with Gasteiger partial charge in [0.2, 0.25) is 0 Å². The number of hydrogen-bond donors (Lipinski definition) is 0. The van der Waals surface area contributed by atoms with E-state index in [1.54, 1.807) is 7.11 Å². The van der Waals surface area contributed by atoms with E-state index in [2.05, 4.69) is 102 Å². The summed E-state index contributed by atoms with van der Waals surface area (Å²) in [5.41, 5.74) is 2.45. The Kier molecular flexibility index (Phi) is 6.13. The molecule has 0 aliphatic heterocycles. The second-order valence-corrected chi connectivity index (χ2v) is 13.3. The molecule has 0 fully saturated rings. The summed E-state index contributed by atoms with van der Waals surface area (Å²) in [6, 6.07) is 21.3. The number of aromatic nitrogens is 2. The molecule has 4 rings (SSSR count). The van der Waals surface area contributed by atoms with Gasteiger partial charge in [0, 0.05) is 19.5 Å². The molecule has 0 spiro atoms. The first-order valence-electron chi connectivity index (χ1n) is 10.8. The van der Waals surface area contributed by atoms with Crippen molar-refractivity contribution in [2.45, 2.75) is 51.4 Å². The summed E-state index contributed by atoms with van der Waals surface area (Å²) >= 11 is 0. The second-order valence-electron chi connectivity index (χ2n) is 8.87. The maximum atomic E-state index is 6.62. The summed E-state index contributed by atoms with van der Waals surface area (Å²) in [6.07, 6.45) is 7.31. The molecule has 2 heterocycles. The Balaban J connectivity index is 1.51. The third-order valence-electron chi connectivity index (χ3n) is 5.54.